The largest absolute Gasteiger partial charge is 0.464 e. The number of nitrogens with two attached hydrogens (primary N) is 1. The van der Waals surface area contributed by atoms with E-state index in [9.17, 15) is 4.79 Å². The summed E-state index contributed by atoms with van der Waals surface area (Å²) in [5.41, 5.74) is 0.0693. The van der Waals surface area contributed by atoms with Crippen LogP contribution < -0.4 is 10.9 Å². The number of ether oxygens (including phenoxy) is 1. The van der Waals surface area contributed by atoms with Crippen molar-refractivity contribution in [3.63, 3.8) is 0 Å². The molecule has 0 saturated carbocycles. The molecule has 0 aliphatic carbocycles. The minimum Gasteiger partial charge on any atom is -0.464 e. The molecule has 1 aromatic rings. The van der Waals surface area contributed by atoms with E-state index in [2.05, 4.69) is 14.7 Å². The van der Waals surface area contributed by atoms with Crippen LogP contribution in [-0.4, -0.2) is 30.1 Å². The van der Waals surface area contributed by atoms with Crippen molar-refractivity contribution in [1.82, 2.24) is 9.97 Å². The molecule has 0 fully saturated rings. The quantitative estimate of drug-likeness (QED) is 0.330. The van der Waals surface area contributed by atoms with E-state index in [4.69, 9.17) is 17.4 Å². The maximum Gasteiger partial charge on any atom is 0.356 e. The monoisotopic (exact) mass is 216 g/mol. The van der Waals surface area contributed by atoms with Gasteiger partial charge in [-0.1, -0.05) is 11.6 Å². The molecule has 0 aromatic carbocycles. The van der Waals surface area contributed by atoms with E-state index in [1.165, 1.54) is 20.2 Å². The first-order valence-electron chi connectivity index (χ1n) is 3.66. The average molecular weight is 217 g/mol. The molecule has 0 atom stereocenters. The average Bonchev–Trinajstić information content (AvgIpc) is 2.15. The van der Waals surface area contributed by atoms with Gasteiger partial charge in [-0.15, -0.1) is 0 Å². The number of methoxy groups -OCH3 is 1. The Morgan fingerprint density at radius 1 is 1.64 bits per heavy atom. The van der Waals surface area contributed by atoms with Crippen LogP contribution in [0.3, 0.4) is 0 Å². The van der Waals surface area contributed by atoms with E-state index in [1.807, 2.05) is 0 Å². The normalized spacial score (nSPS) is 9.71. The van der Waals surface area contributed by atoms with Crippen molar-refractivity contribution in [2.45, 2.75) is 0 Å². The molecule has 0 bridgehead atoms. The first-order valence-corrected chi connectivity index (χ1v) is 4.03. The number of anilines is 1. The number of halogens is 1. The Balaban J connectivity index is 3.13. The molecule has 0 unspecified atom stereocenters. The molecule has 0 aliphatic heterocycles. The van der Waals surface area contributed by atoms with Gasteiger partial charge in [0.15, 0.2) is 5.69 Å². The second kappa shape index (κ2) is 4.21. The van der Waals surface area contributed by atoms with Gasteiger partial charge in [-0.25, -0.2) is 15.6 Å². The molecule has 6 nitrogen and oxygen atoms in total. The van der Waals surface area contributed by atoms with E-state index >= 15 is 0 Å². The van der Waals surface area contributed by atoms with E-state index in [0.29, 0.717) is 0 Å². The highest BCUT2D eigenvalue weighted by Crippen LogP contribution is 2.11. The van der Waals surface area contributed by atoms with Crippen LogP contribution in [0.25, 0.3) is 0 Å². The second-order valence-electron chi connectivity index (χ2n) is 2.48. The molecule has 0 amide bonds. The summed E-state index contributed by atoms with van der Waals surface area (Å²) in [5.74, 6) is 4.96. The smallest absolute Gasteiger partial charge is 0.356 e. The number of hydrogen-bond acceptors (Lipinski definition) is 6. The summed E-state index contributed by atoms with van der Waals surface area (Å²) < 4.78 is 4.48. The Labute approximate surface area is 85.6 Å². The van der Waals surface area contributed by atoms with Crippen LogP contribution in [-0.2, 0) is 4.74 Å². The van der Waals surface area contributed by atoms with Crippen LogP contribution >= 0.6 is 11.6 Å². The van der Waals surface area contributed by atoms with Gasteiger partial charge in [0.2, 0.25) is 5.95 Å². The molecule has 0 radical (unpaired) electrons. The van der Waals surface area contributed by atoms with Gasteiger partial charge in [-0.3, -0.25) is 5.01 Å². The molecular formula is C7H9ClN4O2. The molecule has 1 heterocycles. The number of nitrogens with zero attached hydrogens (tertiary/aromatic N) is 3. The number of hydrazine groups is 1. The summed E-state index contributed by atoms with van der Waals surface area (Å²) in [4.78, 5) is 18.7. The molecule has 1 aromatic heterocycles. The predicted octanol–water partition coefficient (Wildman–Crippen LogP) is 0.227. The highest BCUT2D eigenvalue weighted by Gasteiger charge is 2.12. The molecular weight excluding hydrogens is 208 g/mol. The van der Waals surface area contributed by atoms with Crippen LogP contribution in [0.4, 0.5) is 5.95 Å². The van der Waals surface area contributed by atoms with Crippen LogP contribution in [0.1, 0.15) is 10.5 Å². The summed E-state index contributed by atoms with van der Waals surface area (Å²) in [6, 6.07) is 1.31. The lowest BCUT2D eigenvalue weighted by molar-refractivity contribution is 0.0594. The van der Waals surface area contributed by atoms with Gasteiger partial charge in [0.05, 0.1) is 7.11 Å². The zero-order valence-corrected chi connectivity index (χ0v) is 8.45. The minimum absolute atomic E-state index is 0.0693. The number of carbonyl (C=O) groups excluding carboxylic acids is 1. The fourth-order valence-electron chi connectivity index (χ4n) is 0.773. The van der Waals surface area contributed by atoms with Gasteiger partial charge >= 0.3 is 5.97 Å². The summed E-state index contributed by atoms with van der Waals surface area (Å²) >= 11 is 5.65. The number of aromatic nitrogens is 2. The summed E-state index contributed by atoms with van der Waals surface area (Å²) in [5, 5.41) is 1.28. The Bertz CT molecular complexity index is 356. The SMILES string of the molecule is COC(=O)c1cc(Cl)nc(N(C)N)n1. The van der Waals surface area contributed by atoms with Gasteiger partial charge in [0, 0.05) is 13.1 Å². The Morgan fingerprint density at radius 3 is 2.79 bits per heavy atom. The number of hydrogen-bond donors (Lipinski definition) is 1. The van der Waals surface area contributed by atoms with Crippen molar-refractivity contribution in [2.75, 3.05) is 19.2 Å². The van der Waals surface area contributed by atoms with E-state index in [0.717, 1.165) is 5.01 Å². The van der Waals surface area contributed by atoms with Crippen molar-refractivity contribution in [3.8, 4) is 0 Å². The maximum absolute atomic E-state index is 11.1. The molecule has 0 spiro atoms. The lowest BCUT2D eigenvalue weighted by Crippen LogP contribution is -2.28. The van der Waals surface area contributed by atoms with Crippen LogP contribution in [0.15, 0.2) is 6.07 Å². The minimum atomic E-state index is -0.586. The molecule has 14 heavy (non-hydrogen) atoms. The number of esters is 1. The third-order valence-corrected chi connectivity index (χ3v) is 1.59. The van der Waals surface area contributed by atoms with Gasteiger partial charge in [0.25, 0.3) is 0 Å². The van der Waals surface area contributed by atoms with E-state index in [-0.39, 0.29) is 16.8 Å². The zero-order valence-electron chi connectivity index (χ0n) is 7.69. The lowest BCUT2D eigenvalue weighted by Gasteiger charge is -2.10. The van der Waals surface area contributed by atoms with Gasteiger partial charge in [-0.2, -0.15) is 4.98 Å². The molecule has 2 N–H and O–H groups in total. The second-order valence-corrected chi connectivity index (χ2v) is 2.87. The number of rotatable bonds is 2. The molecule has 76 valence electrons. The Morgan fingerprint density at radius 2 is 2.29 bits per heavy atom. The highest BCUT2D eigenvalue weighted by molar-refractivity contribution is 6.29. The van der Waals surface area contributed by atoms with Crippen molar-refractivity contribution in [1.29, 1.82) is 0 Å². The van der Waals surface area contributed by atoms with Crippen LogP contribution in [0, 0.1) is 0 Å². The third kappa shape index (κ3) is 2.30. The fourth-order valence-corrected chi connectivity index (χ4v) is 0.951. The van der Waals surface area contributed by atoms with Crippen molar-refractivity contribution < 1.29 is 9.53 Å². The highest BCUT2D eigenvalue weighted by atomic mass is 35.5. The molecule has 1 rings (SSSR count). The van der Waals surface area contributed by atoms with Gasteiger partial charge in [0.1, 0.15) is 5.15 Å². The Kier molecular flexibility index (Phi) is 3.21. The predicted molar refractivity (Wildman–Crippen MR) is 51.0 cm³/mol. The van der Waals surface area contributed by atoms with Gasteiger partial charge < -0.3 is 4.74 Å². The topological polar surface area (TPSA) is 81.3 Å². The van der Waals surface area contributed by atoms with Crippen molar-refractivity contribution in [3.05, 3.63) is 16.9 Å². The Hall–Kier alpha value is -1.40. The third-order valence-electron chi connectivity index (χ3n) is 1.39. The first-order chi connectivity index (χ1) is 6.54. The molecule has 0 saturated heterocycles. The standard InChI is InChI=1S/C7H9ClN4O2/c1-12(9)7-10-4(6(13)14-2)3-5(8)11-7/h3H,9H2,1-2H3. The lowest BCUT2D eigenvalue weighted by atomic mass is 10.4. The summed E-state index contributed by atoms with van der Waals surface area (Å²) in [6.07, 6.45) is 0. The summed E-state index contributed by atoms with van der Waals surface area (Å²) in [7, 11) is 2.79. The maximum atomic E-state index is 11.1. The molecule has 0 aliphatic rings. The van der Waals surface area contributed by atoms with Crippen LogP contribution in [0.5, 0.6) is 0 Å². The fraction of sp³-hybridized carbons (Fsp3) is 0.286. The van der Waals surface area contributed by atoms with Gasteiger partial charge in [-0.05, 0) is 0 Å². The molecule has 7 heteroatoms. The van der Waals surface area contributed by atoms with Crippen molar-refractivity contribution in [2.24, 2.45) is 5.84 Å². The van der Waals surface area contributed by atoms with E-state index < -0.39 is 5.97 Å². The summed E-state index contributed by atoms with van der Waals surface area (Å²) in [6.45, 7) is 0. The number of carbonyl (C=O) groups is 1. The van der Waals surface area contributed by atoms with Crippen LogP contribution in [0.2, 0.25) is 5.15 Å². The van der Waals surface area contributed by atoms with E-state index in [1.54, 1.807) is 0 Å². The first kappa shape index (κ1) is 10.7. The zero-order chi connectivity index (χ0) is 10.7. The van der Waals surface area contributed by atoms with Crippen molar-refractivity contribution >= 4 is 23.5 Å².